The Hall–Kier alpha value is -1.82. The number of carbonyl (C=O) groups excluding carboxylic acids is 1. The van der Waals surface area contributed by atoms with Gasteiger partial charge in [-0.05, 0) is 50.2 Å². The minimum Gasteiger partial charge on any atom is -0.480 e. The van der Waals surface area contributed by atoms with Crippen molar-refractivity contribution in [3.8, 4) is 0 Å². The zero-order chi connectivity index (χ0) is 17.3. The quantitative estimate of drug-likeness (QED) is 0.761. The second kappa shape index (κ2) is 6.97. The van der Waals surface area contributed by atoms with Crippen LogP contribution in [0.2, 0.25) is 0 Å². The number of carbonyl (C=O) groups is 2. The second-order valence-electron chi connectivity index (χ2n) is 7.13. The van der Waals surface area contributed by atoms with E-state index in [9.17, 15) is 9.59 Å². The molecule has 0 atom stereocenters. The van der Waals surface area contributed by atoms with Gasteiger partial charge in [-0.1, -0.05) is 6.92 Å². The van der Waals surface area contributed by atoms with Crippen molar-refractivity contribution < 1.29 is 19.1 Å². The third-order valence-corrected chi connectivity index (χ3v) is 5.06. The Balaban J connectivity index is 1.49. The number of hydrogen-bond donors (Lipinski definition) is 2. The molecule has 1 aromatic rings. The molecule has 0 aliphatic heterocycles. The average molecular weight is 334 g/mol. The first kappa shape index (κ1) is 17.0. The summed E-state index contributed by atoms with van der Waals surface area (Å²) >= 11 is 0. The number of rotatable bonds is 8. The molecule has 0 bridgehead atoms. The van der Waals surface area contributed by atoms with Crippen LogP contribution in [0.1, 0.15) is 54.5 Å². The Kier molecular flexibility index (Phi) is 4.94. The van der Waals surface area contributed by atoms with Gasteiger partial charge in [-0.2, -0.15) is 0 Å². The zero-order valence-corrected chi connectivity index (χ0v) is 14.4. The molecule has 0 radical (unpaired) electrons. The van der Waals surface area contributed by atoms with Crippen LogP contribution >= 0.6 is 0 Å². The lowest BCUT2D eigenvalue weighted by molar-refractivity contribution is -0.139. The number of furan rings is 1. The van der Waals surface area contributed by atoms with Crippen molar-refractivity contribution in [2.45, 2.75) is 58.0 Å². The van der Waals surface area contributed by atoms with Crippen LogP contribution in [0.4, 0.5) is 0 Å². The Bertz CT molecular complexity index is 615. The average Bonchev–Trinajstić information content (AvgIpc) is 3.21. The third-order valence-electron chi connectivity index (χ3n) is 5.06. The largest absolute Gasteiger partial charge is 0.480 e. The summed E-state index contributed by atoms with van der Waals surface area (Å²) in [6.07, 6.45) is 4.81. The lowest BCUT2D eigenvalue weighted by Gasteiger charge is -2.42. The van der Waals surface area contributed by atoms with Crippen LogP contribution in [0.15, 0.2) is 10.5 Å². The minimum absolute atomic E-state index is 0.0963. The molecule has 132 valence electrons. The maximum absolute atomic E-state index is 12.3. The first-order valence-corrected chi connectivity index (χ1v) is 8.82. The molecule has 0 unspecified atom stereocenters. The molecule has 6 nitrogen and oxygen atoms in total. The van der Waals surface area contributed by atoms with E-state index in [1.54, 1.807) is 6.07 Å². The van der Waals surface area contributed by atoms with Gasteiger partial charge in [-0.15, -0.1) is 0 Å². The molecule has 2 aliphatic rings. The summed E-state index contributed by atoms with van der Waals surface area (Å²) in [4.78, 5) is 25.4. The van der Waals surface area contributed by atoms with Gasteiger partial charge in [0.25, 0.3) is 5.91 Å². The van der Waals surface area contributed by atoms with E-state index in [4.69, 9.17) is 9.52 Å². The van der Waals surface area contributed by atoms with E-state index in [1.807, 2.05) is 13.8 Å². The number of carboxylic acid groups (broad SMARTS) is 1. The maximum Gasteiger partial charge on any atom is 0.317 e. The van der Waals surface area contributed by atoms with E-state index >= 15 is 0 Å². The summed E-state index contributed by atoms with van der Waals surface area (Å²) in [6.45, 7) is 4.91. The molecular weight excluding hydrogens is 308 g/mol. The molecule has 1 heterocycles. The minimum atomic E-state index is -0.777. The Labute approximate surface area is 142 Å². The normalized spacial score (nSPS) is 23.1. The van der Waals surface area contributed by atoms with Crippen LogP contribution in [0.3, 0.4) is 0 Å². The molecule has 1 aromatic heterocycles. The highest BCUT2D eigenvalue weighted by Crippen LogP contribution is 2.33. The molecule has 0 saturated heterocycles. The van der Waals surface area contributed by atoms with Gasteiger partial charge < -0.3 is 14.8 Å². The molecule has 2 saturated carbocycles. The highest BCUT2D eigenvalue weighted by atomic mass is 16.4. The molecule has 2 aliphatic carbocycles. The fourth-order valence-electron chi connectivity index (χ4n) is 3.39. The number of aryl methyl sites for hydroxylation is 2. The lowest BCUT2D eigenvalue weighted by Crippen LogP contribution is -2.55. The second-order valence-corrected chi connectivity index (χ2v) is 7.13. The van der Waals surface area contributed by atoms with Crippen molar-refractivity contribution in [2.24, 2.45) is 5.92 Å². The van der Waals surface area contributed by atoms with Crippen molar-refractivity contribution in [3.63, 3.8) is 0 Å². The van der Waals surface area contributed by atoms with E-state index in [0.717, 1.165) is 37.1 Å². The van der Waals surface area contributed by atoms with Gasteiger partial charge in [0, 0.05) is 25.0 Å². The van der Waals surface area contributed by atoms with Crippen LogP contribution in [0.25, 0.3) is 0 Å². The summed E-state index contributed by atoms with van der Waals surface area (Å²) < 4.78 is 5.58. The van der Waals surface area contributed by atoms with Gasteiger partial charge in [0.2, 0.25) is 0 Å². The van der Waals surface area contributed by atoms with E-state index < -0.39 is 5.97 Å². The topological polar surface area (TPSA) is 82.8 Å². The fraction of sp³-hybridized carbons (Fsp3) is 0.667. The van der Waals surface area contributed by atoms with E-state index in [2.05, 4.69) is 10.2 Å². The number of carboxylic acids is 1. The van der Waals surface area contributed by atoms with Crippen molar-refractivity contribution >= 4 is 11.9 Å². The SMILES string of the molecule is CCc1oc(C(=O)NC2CC(N(CC(=O)O)CC3CC3)C2)cc1C. The van der Waals surface area contributed by atoms with E-state index in [0.29, 0.717) is 11.7 Å². The zero-order valence-electron chi connectivity index (χ0n) is 14.4. The molecule has 0 spiro atoms. The highest BCUT2D eigenvalue weighted by Gasteiger charge is 2.38. The van der Waals surface area contributed by atoms with Gasteiger partial charge in [-0.3, -0.25) is 14.5 Å². The summed E-state index contributed by atoms with van der Waals surface area (Å²) in [7, 11) is 0. The maximum atomic E-state index is 12.3. The highest BCUT2D eigenvalue weighted by molar-refractivity contribution is 5.92. The summed E-state index contributed by atoms with van der Waals surface area (Å²) in [5.74, 6) is 0.933. The first-order chi connectivity index (χ1) is 11.5. The Morgan fingerprint density at radius 2 is 2.08 bits per heavy atom. The predicted molar refractivity (Wildman–Crippen MR) is 89.0 cm³/mol. The van der Waals surface area contributed by atoms with E-state index in [-0.39, 0.29) is 24.5 Å². The van der Waals surface area contributed by atoms with Crippen LogP contribution in [0, 0.1) is 12.8 Å². The van der Waals surface area contributed by atoms with Crippen LogP contribution in [-0.4, -0.2) is 47.1 Å². The van der Waals surface area contributed by atoms with Gasteiger partial charge in [-0.25, -0.2) is 0 Å². The number of nitrogens with zero attached hydrogens (tertiary/aromatic N) is 1. The van der Waals surface area contributed by atoms with Gasteiger partial charge in [0.15, 0.2) is 5.76 Å². The molecule has 2 fully saturated rings. The van der Waals surface area contributed by atoms with Crippen molar-refractivity contribution in [3.05, 3.63) is 23.2 Å². The molecule has 6 heteroatoms. The molecular formula is C18H26N2O4. The van der Waals surface area contributed by atoms with Gasteiger partial charge in [0.05, 0.1) is 6.54 Å². The summed E-state index contributed by atoms with van der Waals surface area (Å²) in [5.41, 5.74) is 1.01. The standard InChI is InChI=1S/C18H26N2O4/c1-3-15-11(2)6-16(24-15)18(23)19-13-7-14(8-13)20(10-17(21)22)9-12-4-5-12/h6,12-14H,3-5,7-10H2,1-2H3,(H,19,23)(H,21,22). The van der Waals surface area contributed by atoms with Gasteiger partial charge in [0.1, 0.15) is 5.76 Å². The molecule has 24 heavy (non-hydrogen) atoms. The summed E-state index contributed by atoms with van der Waals surface area (Å²) in [6, 6.07) is 2.15. The van der Waals surface area contributed by atoms with Crippen LogP contribution < -0.4 is 5.32 Å². The van der Waals surface area contributed by atoms with Gasteiger partial charge >= 0.3 is 5.97 Å². The Morgan fingerprint density at radius 1 is 1.38 bits per heavy atom. The predicted octanol–water partition coefficient (Wildman–Crippen LogP) is 2.21. The third kappa shape index (κ3) is 3.98. The number of amides is 1. The fourth-order valence-corrected chi connectivity index (χ4v) is 3.39. The molecule has 0 aromatic carbocycles. The van der Waals surface area contributed by atoms with Crippen LogP contribution in [0.5, 0.6) is 0 Å². The van der Waals surface area contributed by atoms with Crippen molar-refractivity contribution in [1.82, 2.24) is 10.2 Å². The molecule has 3 rings (SSSR count). The number of aliphatic carboxylic acids is 1. The van der Waals surface area contributed by atoms with Crippen LogP contribution in [-0.2, 0) is 11.2 Å². The van der Waals surface area contributed by atoms with Crippen molar-refractivity contribution in [2.75, 3.05) is 13.1 Å². The summed E-state index contributed by atoms with van der Waals surface area (Å²) in [5, 5.41) is 12.1. The molecule has 2 N–H and O–H groups in total. The van der Waals surface area contributed by atoms with E-state index in [1.165, 1.54) is 12.8 Å². The first-order valence-electron chi connectivity index (χ1n) is 8.82. The smallest absolute Gasteiger partial charge is 0.317 e. The number of nitrogens with one attached hydrogen (secondary N) is 1. The number of hydrogen-bond acceptors (Lipinski definition) is 4. The molecule has 1 amide bonds. The monoisotopic (exact) mass is 334 g/mol. The Morgan fingerprint density at radius 3 is 2.62 bits per heavy atom. The lowest BCUT2D eigenvalue weighted by atomic mass is 9.85. The van der Waals surface area contributed by atoms with Crippen molar-refractivity contribution in [1.29, 1.82) is 0 Å².